The van der Waals surface area contributed by atoms with Gasteiger partial charge in [0.1, 0.15) is 41.4 Å². The van der Waals surface area contributed by atoms with Crippen molar-refractivity contribution in [1.82, 2.24) is 0 Å². The van der Waals surface area contributed by atoms with E-state index in [1.807, 2.05) is 19.9 Å². The monoisotopic (exact) mass is 540 g/mol. The number of benzene rings is 2. The van der Waals surface area contributed by atoms with Gasteiger partial charge in [-0.15, -0.1) is 0 Å². The number of rotatable bonds is 12. The Bertz CT molecular complexity index is 1410. The first-order valence-corrected chi connectivity index (χ1v) is 12.4. The lowest BCUT2D eigenvalue weighted by Gasteiger charge is -2.16. The fourth-order valence-electron chi connectivity index (χ4n) is 3.64. The standard InChI is InChI=1S/C29H32O10/c1-6-35-15-23(31)37-22-14-21(30)25-26(33)29(38-24(32)16-36-7-2)27(18-9-11-19(34-5)12-10-18)39-28(25)20(22)13-8-17(3)4/h8-12,14,30H,6-7,13,15-16H2,1-5H3. The van der Waals surface area contributed by atoms with Gasteiger partial charge in [-0.25, -0.2) is 9.59 Å². The van der Waals surface area contributed by atoms with E-state index in [1.54, 1.807) is 38.1 Å². The summed E-state index contributed by atoms with van der Waals surface area (Å²) in [5, 5.41) is 10.6. The van der Waals surface area contributed by atoms with E-state index in [4.69, 9.17) is 28.1 Å². The molecule has 0 amide bonds. The van der Waals surface area contributed by atoms with Crippen LogP contribution in [0.25, 0.3) is 22.3 Å². The smallest absolute Gasteiger partial charge is 0.337 e. The number of phenols is 1. The van der Waals surface area contributed by atoms with Crippen LogP contribution in [0.1, 0.15) is 33.3 Å². The molecule has 0 spiro atoms. The van der Waals surface area contributed by atoms with E-state index in [0.29, 0.717) is 23.5 Å². The highest BCUT2D eigenvalue weighted by Crippen LogP contribution is 2.40. The van der Waals surface area contributed by atoms with Crippen molar-refractivity contribution in [2.75, 3.05) is 33.5 Å². The van der Waals surface area contributed by atoms with Gasteiger partial charge in [0.05, 0.1) is 7.11 Å². The third kappa shape index (κ3) is 7.24. The average molecular weight is 541 g/mol. The van der Waals surface area contributed by atoms with Gasteiger partial charge in [-0.1, -0.05) is 11.6 Å². The van der Waals surface area contributed by atoms with E-state index in [1.165, 1.54) is 7.11 Å². The zero-order valence-electron chi connectivity index (χ0n) is 22.6. The number of carbonyl (C=O) groups excluding carboxylic acids is 2. The Kier molecular flexibility index (Phi) is 10.2. The van der Waals surface area contributed by atoms with Crippen LogP contribution in [0.2, 0.25) is 0 Å². The molecule has 0 aliphatic carbocycles. The number of methoxy groups -OCH3 is 1. The molecular weight excluding hydrogens is 508 g/mol. The average Bonchev–Trinajstić information content (AvgIpc) is 2.91. The van der Waals surface area contributed by atoms with Crippen LogP contribution in [0.15, 0.2) is 51.2 Å². The first-order valence-electron chi connectivity index (χ1n) is 12.4. The molecule has 0 unspecified atom stereocenters. The van der Waals surface area contributed by atoms with Gasteiger partial charge in [0.15, 0.2) is 5.76 Å². The molecule has 0 radical (unpaired) electrons. The van der Waals surface area contributed by atoms with Crippen molar-refractivity contribution >= 4 is 22.9 Å². The largest absolute Gasteiger partial charge is 0.507 e. The summed E-state index contributed by atoms with van der Waals surface area (Å²) in [6.45, 7) is 7.13. The third-order valence-electron chi connectivity index (χ3n) is 5.52. The number of fused-ring (bicyclic) bond motifs is 1. The molecule has 3 aromatic rings. The molecule has 10 heteroatoms. The SMILES string of the molecule is CCOCC(=O)Oc1cc(O)c2c(=O)c(OC(=O)COCC)c(-c3ccc(OC)cc3)oc2c1CC=C(C)C. The molecule has 0 saturated heterocycles. The molecule has 39 heavy (non-hydrogen) atoms. The minimum Gasteiger partial charge on any atom is -0.507 e. The number of aromatic hydroxyl groups is 1. The van der Waals surface area contributed by atoms with Crippen LogP contribution in [0, 0.1) is 0 Å². The molecule has 1 heterocycles. The summed E-state index contributed by atoms with van der Waals surface area (Å²) < 4.78 is 32.6. The van der Waals surface area contributed by atoms with Gasteiger partial charge < -0.3 is 33.2 Å². The van der Waals surface area contributed by atoms with Gasteiger partial charge in [-0.3, -0.25) is 4.79 Å². The van der Waals surface area contributed by atoms with Gasteiger partial charge in [0, 0.05) is 30.4 Å². The summed E-state index contributed by atoms with van der Waals surface area (Å²) in [6, 6.07) is 7.72. The Morgan fingerprint density at radius 1 is 0.974 bits per heavy atom. The molecule has 0 bridgehead atoms. The lowest BCUT2D eigenvalue weighted by Crippen LogP contribution is -2.21. The number of allylic oxidation sites excluding steroid dienone is 2. The Hall–Kier alpha value is -4.15. The van der Waals surface area contributed by atoms with Gasteiger partial charge >= 0.3 is 11.9 Å². The molecule has 0 atom stereocenters. The summed E-state index contributed by atoms with van der Waals surface area (Å²) in [7, 11) is 1.51. The van der Waals surface area contributed by atoms with Crippen LogP contribution in [-0.2, 0) is 25.5 Å². The van der Waals surface area contributed by atoms with E-state index in [9.17, 15) is 19.5 Å². The zero-order valence-corrected chi connectivity index (χ0v) is 22.6. The van der Waals surface area contributed by atoms with E-state index in [0.717, 1.165) is 11.6 Å². The minimum absolute atomic E-state index is 0.00660. The summed E-state index contributed by atoms with van der Waals surface area (Å²) in [5.74, 6) is -1.92. The van der Waals surface area contributed by atoms with Crippen molar-refractivity contribution in [2.45, 2.75) is 34.1 Å². The van der Waals surface area contributed by atoms with Crippen LogP contribution in [0.4, 0.5) is 0 Å². The lowest BCUT2D eigenvalue weighted by atomic mass is 10.0. The Labute approximate surface area is 225 Å². The number of phenolic OH excluding ortho intramolecular Hbond substituents is 1. The fraction of sp³-hybridized carbons (Fsp3) is 0.345. The zero-order chi connectivity index (χ0) is 28.5. The predicted octanol–water partition coefficient (Wildman–Crippen LogP) is 4.57. The molecule has 0 fully saturated rings. The molecular formula is C29H32O10. The second-order valence-electron chi connectivity index (χ2n) is 8.60. The van der Waals surface area contributed by atoms with E-state index >= 15 is 0 Å². The summed E-state index contributed by atoms with van der Waals surface area (Å²) in [6.07, 6.45) is 2.07. The predicted molar refractivity (Wildman–Crippen MR) is 144 cm³/mol. The first kappa shape index (κ1) is 29.4. The number of hydrogen-bond donors (Lipinski definition) is 1. The highest BCUT2D eigenvalue weighted by molar-refractivity contribution is 5.93. The van der Waals surface area contributed by atoms with Crippen LogP contribution >= 0.6 is 0 Å². The molecule has 10 nitrogen and oxygen atoms in total. The molecule has 208 valence electrons. The van der Waals surface area contributed by atoms with Gasteiger partial charge in [0.25, 0.3) is 0 Å². The molecule has 0 aliphatic heterocycles. The maximum atomic E-state index is 13.7. The topological polar surface area (TPSA) is 131 Å². The van der Waals surface area contributed by atoms with Gasteiger partial charge in [0.2, 0.25) is 11.2 Å². The van der Waals surface area contributed by atoms with Crippen molar-refractivity contribution in [1.29, 1.82) is 0 Å². The van der Waals surface area contributed by atoms with E-state index in [-0.39, 0.29) is 48.7 Å². The van der Waals surface area contributed by atoms with Gasteiger partial charge in [-0.05, 0) is 58.4 Å². The molecule has 3 rings (SSSR count). The second-order valence-corrected chi connectivity index (χ2v) is 8.60. The number of ether oxygens (including phenoxy) is 5. The van der Waals surface area contributed by atoms with E-state index < -0.39 is 28.9 Å². The van der Waals surface area contributed by atoms with Crippen LogP contribution in [0.3, 0.4) is 0 Å². The summed E-state index contributed by atoms with van der Waals surface area (Å²) >= 11 is 0. The van der Waals surface area contributed by atoms with E-state index in [2.05, 4.69) is 0 Å². The first-order chi connectivity index (χ1) is 18.7. The van der Waals surface area contributed by atoms with Crippen LogP contribution < -0.4 is 19.6 Å². The van der Waals surface area contributed by atoms with Gasteiger partial charge in [-0.2, -0.15) is 0 Å². The number of carbonyl (C=O) groups is 2. The number of esters is 2. The van der Waals surface area contributed by atoms with Crippen molar-refractivity contribution in [3.63, 3.8) is 0 Å². The summed E-state index contributed by atoms with van der Waals surface area (Å²) in [5.41, 5.74) is 0.900. The van der Waals surface area contributed by atoms with Crippen molar-refractivity contribution in [2.24, 2.45) is 0 Å². The maximum Gasteiger partial charge on any atom is 0.337 e. The minimum atomic E-state index is -0.816. The lowest BCUT2D eigenvalue weighted by molar-refractivity contribution is -0.140. The van der Waals surface area contributed by atoms with Crippen molar-refractivity contribution in [3.8, 4) is 34.3 Å². The van der Waals surface area contributed by atoms with Crippen molar-refractivity contribution < 1.29 is 42.8 Å². The molecule has 2 aromatic carbocycles. The Balaban J connectivity index is 2.32. The Morgan fingerprint density at radius 3 is 2.15 bits per heavy atom. The molecule has 0 saturated carbocycles. The highest BCUT2D eigenvalue weighted by atomic mass is 16.6. The molecule has 1 aromatic heterocycles. The summed E-state index contributed by atoms with van der Waals surface area (Å²) in [4.78, 5) is 38.6. The fourth-order valence-corrected chi connectivity index (χ4v) is 3.64. The Morgan fingerprint density at radius 2 is 1.59 bits per heavy atom. The van der Waals surface area contributed by atoms with Crippen LogP contribution in [0.5, 0.6) is 23.0 Å². The highest BCUT2D eigenvalue weighted by Gasteiger charge is 2.26. The number of hydrogen-bond acceptors (Lipinski definition) is 10. The third-order valence-corrected chi connectivity index (χ3v) is 5.52. The molecule has 1 N–H and O–H groups in total. The van der Waals surface area contributed by atoms with Crippen LogP contribution in [-0.4, -0.2) is 50.6 Å². The van der Waals surface area contributed by atoms with Crippen molar-refractivity contribution in [3.05, 3.63) is 57.8 Å². The normalized spacial score (nSPS) is 10.8. The maximum absolute atomic E-state index is 13.7. The quantitative estimate of drug-likeness (QED) is 0.198. The second kappa shape index (κ2) is 13.6. The molecule has 0 aliphatic rings.